The van der Waals surface area contributed by atoms with Gasteiger partial charge < -0.3 is 14.6 Å². The van der Waals surface area contributed by atoms with Gasteiger partial charge in [0.1, 0.15) is 0 Å². The summed E-state index contributed by atoms with van der Waals surface area (Å²) in [7, 11) is 0. The maximum atomic E-state index is 9.70. The van der Waals surface area contributed by atoms with Crippen LogP contribution in [0.5, 0.6) is 11.5 Å². The molecule has 0 radical (unpaired) electrons. The average Bonchev–Trinajstić information content (AvgIpc) is 2.93. The number of fused-ring (bicyclic) bond motifs is 1. The Hall–Kier alpha value is -2.00. The average molecular weight is 270 g/mol. The van der Waals surface area contributed by atoms with Gasteiger partial charge in [-0.2, -0.15) is 0 Å². The van der Waals surface area contributed by atoms with Gasteiger partial charge in [0.15, 0.2) is 11.5 Å². The number of ether oxygens (including phenoxy) is 2. The van der Waals surface area contributed by atoms with Crippen LogP contribution in [0.25, 0.3) is 0 Å². The first-order valence-electron chi connectivity index (χ1n) is 6.83. The first-order chi connectivity index (χ1) is 9.78. The van der Waals surface area contributed by atoms with Crippen LogP contribution < -0.4 is 9.47 Å². The molecule has 0 saturated carbocycles. The maximum absolute atomic E-state index is 9.70. The summed E-state index contributed by atoms with van der Waals surface area (Å²) in [5, 5.41) is 9.70. The van der Waals surface area contributed by atoms with Crippen molar-refractivity contribution in [1.82, 2.24) is 0 Å². The molecule has 0 amide bonds. The van der Waals surface area contributed by atoms with Gasteiger partial charge in [-0.3, -0.25) is 0 Å². The summed E-state index contributed by atoms with van der Waals surface area (Å²) in [5.41, 5.74) is 3.57. The molecular weight excluding hydrogens is 252 g/mol. The zero-order valence-electron chi connectivity index (χ0n) is 11.5. The fourth-order valence-corrected chi connectivity index (χ4v) is 2.67. The van der Waals surface area contributed by atoms with E-state index in [4.69, 9.17) is 9.47 Å². The van der Waals surface area contributed by atoms with Crippen LogP contribution >= 0.6 is 0 Å². The van der Waals surface area contributed by atoms with Crippen LogP contribution in [0.2, 0.25) is 0 Å². The van der Waals surface area contributed by atoms with Crippen LogP contribution in [0.1, 0.15) is 22.6 Å². The number of hydrogen-bond acceptors (Lipinski definition) is 3. The fourth-order valence-electron chi connectivity index (χ4n) is 2.67. The molecule has 1 heterocycles. The van der Waals surface area contributed by atoms with Crippen molar-refractivity contribution in [3.8, 4) is 11.5 Å². The van der Waals surface area contributed by atoms with Gasteiger partial charge in [-0.25, -0.2) is 0 Å². The highest BCUT2D eigenvalue weighted by Crippen LogP contribution is 2.34. The van der Waals surface area contributed by atoms with Crippen LogP contribution in [-0.2, 0) is 6.42 Å². The van der Waals surface area contributed by atoms with E-state index in [0.29, 0.717) is 6.79 Å². The second-order valence-electron chi connectivity index (χ2n) is 5.13. The molecule has 20 heavy (non-hydrogen) atoms. The lowest BCUT2D eigenvalue weighted by Gasteiger charge is -2.17. The van der Waals surface area contributed by atoms with Gasteiger partial charge in [-0.1, -0.05) is 30.3 Å². The Morgan fingerprint density at radius 2 is 1.90 bits per heavy atom. The van der Waals surface area contributed by atoms with Crippen LogP contribution in [0, 0.1) is 6.92 Å². The van der Waals surface area contributed by atoms with Gasteiger partial charge in [0.2, 0.25) is 6.79 Å². The third-order valence-electron chi connectivity index (χ3n) is 3.77. The lowest BCUT2D eigenvalue weighted by Crippen LogP contribution is -2.09. The summed E-state index contributed by atoms with van der Waals surface area (Å²) in [6.07, 6.45) is 0.790. The van der Waals surface area contributed by atoms with E-state index in [2.05, 4.69) is 19.1 Å². The first-order valence-corrected chi connectivity index (χ1v) is 6.83. The summed E-state index contributed by atoms with van der Waals surface area (Å²) < 4.78 is 10.7. The van der Waals surface area contributed by atoms with Gasteiger partial charge in [-0.15, -0.1) is 0 Å². The maximum Gasteiger partial charge on any atom is 0.231 e. The Balaban J connectivity index is 1.83. The molecule has 0 aliphatic carbocycles. The van der Waals surface area contributed by atoms with Gasteiger partial charge in [0, 0.05) is 5.92 Å². The third kappa shape index (κ3) is 2.49. The summed E-state index contributed by atoms with van der Waals surface area (Å²) in [5.74, 6) is 1.70. The number of rotatable bonds is 4. The van der Waals surface area contributed by atoms with Gasteiger partial charge in [0.25, 0.3) is 0 Å². The van der Waals surface area contributed by atoms with Crippen LogP contribution in [0.4, 0.5) is 0 Å². The van der Waals surface area contributed by atoms with Crippen LogP contribution in [0.15, 0.2) is 42.5 Å². The minimum atomic E-state index is 0.108. The highest BCUT2D eigenvalue weighted by molar-refractivity contribution is 5.45. The Labute approximate surface area is 118 Å². The minimum Gasteiger partial charge on any atom is -0.454 e. The fraction of sp³-hybridized carbons (Fsp3) is 0.294. The molecular formula is C17H18O3. The first kappa shape index (κ1) is 13.0. The Bertz CT molecular complexity index is 607. The third-order valence-corrected chi connectivity index (χ3v) is 3.77. The molecule has 1 N–H and O–H groups in total. The van der Waals surface area contributed by atoms with E-state index in [9.17, 15) is 5.11 Å². The number of aliphatic hydroxyl groups excluding tert-OH is 1. The standard InChI is InChI=1S/C17H18O3/c1-12-4-2-3-5-15(12)14(10-18)8-13-6-7-16-17(9-13)20-11-19-16/h2-7,9,14,18H,8,10-11H2,1H3. The van der Waals surface area contributed by atoms with E-state index in [1.54, 1.807) is 0 Å². The van der Waals surface area contributed by atoms with E-state index >= 15 is 0 Å². The SMILES string of the molecule is Cc1ccccc1C(CO)Cc1ccc2c(c1)OCO2. The van der Waals surface area contributed by atoms with Crippen LogP contribution in [0.3, 0.4) is 0 Å². The molecule has 3 nitrogen and oxygen atoms in total. The molecule has 1 aliphatic rings. The van der Waals surface area contributed by atoms with Crippen molar-refractivity contribution in [3.63, 3.8) is 0 Å². The van der Waals surface area contributed by atoms with Crippen molar-refractivity contribution in [2.75, 3.05) is 13.4 Å². The van der Waals surface area contributed by atoms with Crippen molar-refractivity contribution in [1.29, 1.82) is 0 Å². The van der Waals surface area contributed by atoms with Crippen LogP contribution in [-0.4, -0.2) is 18.5 Å². The molecule has 1 unspecified atom stereocenters. The van der Waals surface area contributed by atoms with E-state index in [1.165, 1.54) is 11.1 Å². The van der Waals surface area contributed by atoms with E-state index in [-0.39, 0.29) is 12.5 Å². The molecule has 0 fully saturated rings. The molecule has 3 rings (SSSR count). The van der Waals surface area contributed by atoms with E-state index < -0.39 is 0 Å². The number of aliphatic hydroxyl groups is 1. The zero-order valence-corrected chi connectivity index (χ0v) is 11.5. The largest absolute Gasteiger partial charge is 0.454 e. The molecule has 0 spiro atoms. The topological polar surface area (TPSA) is 38.7 Å². The second kappa shape index (κ2) is 5.55. The molecule has 1 aliphatic heterocycles. The molecule has 1 atom stereocenters. The molecule has 2 aromatic carbocycles. The summed E-state index contributed by atoms with van der Waals surface area (Å²) >= 11 is 0. The summed E-state index contributed by atoms with van der Waals surface area (Å²) in [4.78, 5) is 0. The molecule has 104 valence electrons. The summed E-state index contributed by atoms with van der Waals surface area (Å²) in [6.45, 7) is 2.51. The monoisotopic (exact) mass is 270 g/mol. The number of aryl methyl sites for hydroxylation is 1. The highest BCUT2D eigenvalue weighted by atomic mass is 16.7. The lowest BCUT2D eigenvalue weighted by atomic mass is 9.90. The van der Waals surface area contributed by atoms with Crippen molar-refractivity contribution in [2.24, 2.45) is 0 Å². The van der Waals surface area contributed by atoms with Gasteiger partial charge >= 0.3 is 0 Å². The highest BCUT2D eigenvalue weighted by Gasteiger charge is 2.17. The van der Waals surface area contributed by atoms with Crippen molar-refractivity contribution in [3.05, 3.63) is 59.2 Å². The molecule has 0 bridgehead atoms. The Kier molecular flexibility index (Phi) is 3.61. The normalized spacial score (nSPS) is 14.3. The second-order valence-corrected chi connectivity index (χ2v) is 5.13. The van der Waals surface area contributed by atoms with E-state index in [1.807, 2.05) is 30.3 Å². The molecule has 0 saturated heterocycles. The predicted octanol–water partition coefficient (Wildman–Crippen LogP) is 3.04. The van der Waals surface area contributed by atoms with Crippen molar-refractivity contribution < 1.29 is 14.6 Å². The zero-order chi connectivity index (χ0) is 13.9. The quantitative estimate of drug-likeness (QED) is 0.928. The van der Waals surface area contributed by atoms with Gasteiger partial charge in [-0.05, 0) is 42.2 Å². The predicted molar refractivity (Wildman–Crippen MR) is 77.3 cm³/mol. The molecule has 0 aromatic heterocycles. The summed E-state index contributed by atoms with van der Waals surface area (Å²) in [6, 6.07) is 14.2. The Morgan fingerprint density at radius 3 is 2.70 bits per heavy atom. The number of hydrogen-bond donors (Lipinski definition) is 1. The van der Waals surface area contributed by atoms with Crippen molar-refractivity contribution in [2.45, 2.75) is 19.3 Å². The molecule has 3 heteroatoms. The lowest BCUT2D eigenvalue weighted by molar-refractivity contribution is 0.174. The van der Waals surface area contributed by atoms with E-state index in [0.717, 1.165) is 23.5 Å². The van der Waals surface area contributed by atoms with Crippen molar-refractivity contribution >= 4 is 0 Å². The molecule has 2 aromatic rings. The minimum absolute atomic E-state index is 0.108. The smallest absolute Gasteiger partial charge is 0.231 e. The van der Waals surface area contributed by atoms with Gasteiger partial charge in [0.05, 0.1) is 6.61 Å². The Morgan fingerprint density at radius 1 is 1.10 bits per heavy atom. The number of benzene rings is 2.